The number of hydrogen-bond donors (Lipinski definition) is 1. The Morgan fingerprint density at radius 1 is 1.40 bits per heavy atom. The van der Waals surface area contributed by atoms with E-state index in [0.717, 1.165) is 12.8 Å². The number of nitrogens with two attached hydrogens (primary N) is 1. The molecule has 0 aromatic rings. The average molecular weight is 304 g/mol. The van der Waals surface area contributed by atoms with E-state index in [1.54, 1.807) is 6.92 Å². The lowest BCUT2D eigenvalue weighted by molar-refractivity contribution is -0.151. The standard InChI is InChI=1S/C13H24N2O4S/c1-3-19-12(16)13(14,10-4-5-10)9-15(2)11-6-7-20(17,18)8-11/h10-11H,3-9,14H2,1-2H3. The molecule has 2 unspecified atom stereocenters. The molecule has 1 aliphatic heterocycles. The van der Waals surface area contributed by atoms with E-state index < -0.39 is 15.4 Å². The highest BCUT2D eigenvalue weighted by Crippen LogP contribution is 2.39. The molecule has 1 heterocycles. The third-order valence-electron chi connectivity index (χ3n) is 4.30. The molecule has 1 aliphatic carbocycles. The quantitative estimate of drug-likeness (QED) is 0.682. The number of nitrogens with zero attached hydrogens (tertiary/aromatic N) is 1. The van der Waals surface area contributed by atoms with Gasteiger partial charge in [0.25, 0.3) is 0 Å². The van der Waals surface area contributed by atoms with Gasteiger partial charge in [-0.2, -0.15) is 0 Å². The SMILES string of the molecule is CCOC(=O)C(N)(CN(C)C1CCS(=O)(=O)C1)C1CC1. The van der Waals surface area contributed by atoms with Crippen molar-refractivity contribution in [1.29, 1.82) is 0 Å². The molecule has 1 saturated heterocycles. The smallest absolute Gasteiger partial charge is 0.327 e. The predicted molar refractivity (Wildman–Crippen MR) is 76.0 cm³/mol. The average Bonchev–Trinajstić information content (AvgIpc) is 3.14. The first-order valence-electron chi connectivity index (χ1n) is 7.15. The fourth-order valence-corrected chi connectivity index (χ4v) is 4.69. The number of sulfone groups is 1. The van der Waals surface area contributed by atoms with Gasteiger partial charge in [0, 0.05) is 12.6 Å². The Balaban J connectivity index is 2.03. The Morgan fingerprint density at radius 2 is 2.05 bits per heavy atom. The van der Waals surface area contributed by atoms with Crippen molar-refractivity contribution < 1.29 is 17.9 Å². The zero-order valence-electron chi connectivity index (χ0n) is 12.2. The van der Waals surface area contributed by atoms with Gasteiger partial charge in [0.15, 0.2) is 9.84 Å². The van der Waals surface area contributed by atoms with Crippen LogP contribution >= 0.6 is 0 Å². The maximum Gasteiger partial charge on any atom is 0.327 e. The molecular weight excluding hydrogens is 280 g/mol. The largest absolute Gasteiger partial charge is 0.465 e. The fourth-order valence-electron chi connectivity index (χ4n) is 2.89. The first kappa shape index (κ1) is 15.7. The van der Waals surface area contributed by atoms with Gasteiger partial charge in [0.1, 0.15) is 5.54 Å². The van der Waals surface area contributed by atoms with Gasteiger partial charge in [0.2, 0.25) is 0 Å². The molecule has 2 atom stereocenters. The number of esters is 1. The van der Waals surface area contributed by atoms with Crippen LogP contribution in [0.15, 0.2) is 0 Å². The summed E-state index contributed by atoms with van der Waals surface area (Å²) in [5.41, 5.74) is 5.30. The van der Waals surface area contributed by atoms with Crippen LogP contribution in [-0.4, -0.2) is 62.6 Å². The molecule has 20 heavy (non-hydrogen) atoms. The number of carbonyl (C=O) groups excluding carboxylic acids is 1. The molecule has 0 bridgehead atoms. The normalized spacial score (nSPS) is 28.3. The highest BCUT2D eigenvalue weighted by molar-refractivity contribution is 7.91. The van der Waals surface area contributed by atoms with E-state index in [9.17, 15) is 13.2 Å². The Bertz CT molecular complexity index is 475. The third-order valence-corrected chi connectivity index (χ3v) is 6.05. The molecule has 0 spiro atoms. The van der Waals surface area contributed by atoms with Crippen LogP contribution in [0.4, 0.5) is 0 Å². The molecule has 0 amide bonds. The van der Waals surface area contributed by atoms with Crippen molar-refractivity contribution >= 4 is 15.8 Å². The first-order valence-corrected chi connectivity index (χ1v) is 8.97. The molecule has 2 fully saturated rings. The summed E-state index contributed by atoms with van der Waals surface area (Å²) in [7, 11) is -1.09. The zero-order valence-corrected chi connectivity index (χ0v) is 13.0. The molecule has 0 aromatic heterocycles. The summed E-state index contributed by atoms with van der Waals surface area (Å²) < 4.78 is 28.2. The van der Waals surface area contributed by atoms with Crippen molar-refractivity contribution in [3.8, 4) is 0 Å². The van der Waals surface area contributed by atoms with Gasteiger partial charge in [-0.1, -0.05) is 0 Å². The van der Waals surface area contributed by atoms with Gasteiger partial charge in [-0.05, 0) is 39.2 Å². The molecule has 0 aromatic carbocycles. The maximum atomic E-state index is 12.1. The first-order chi connectivity index (χ1) is 9.28. The Morgan fingerprint density at radius 3 is 2.50 bits per heavy atom. The van der Waals surface area contributed by atoms with Crippen molar-refractivity contribution in [2.45, 2.75) is 37.8 Å². The van der Waals surface area contributed by atoms with Gasteiger partial charge in [0.05, 0.1) is 18.1 Å². The van der Waals surface area contributed by atoms with E-state index in [1.807, 2.05) is 11.9 Å². The monoisotopic (exact) mass is 304 g/mol. The van der Waals surface area contributed by atoms with Crippen LogP contribution in [0, 0.1) is 5.92 Å². The lowest BCUT2D eigenvalue weighted by Crippen LogP contribution is -2.59. The van der Waals surface area contributed by atoms with Crippen LogP contribution in [-0.2, 0) is 19.4 Å². The minimum Gasteiger partial charge on any atom is -0.465 e. The van der Waals surface area contributed by atoms with Crippen LogP contribution < -0.4 is 5.73 Å². The maximum absolute atomic E-state index is 12.1. The molecule has 7 heteroatoms. The van der Waals surface area contributed by atoms with Gasteiger partial charge in [-0.25, -0.2) is 13.2 Å². The highest BCUT2D eigenvalue weighted by Gasteiger charge is 2.50. The minimum absolute atomic E-state index is 0.0453. The van der Waals surface area contributed by atoms with Crippen LogP contribution in [0.25, 0.3) is 0 Å². The topological polar surface area (TPSA) is 89.7 Å². The van der Waals surface area contributed by atoms with Crippen LogP contribution in [0.1, 0.15) is 26.2 Å². The van der Waals surface area contributed by atoms with E-state index in [2.05, 4.69) is 0 Å². The summed E-state index contributed by atoms with van der Waals surface area (Å²) in [5, 5.41) is 0. The Hall–Kier alpha value is -0.660. The van der Waals surface area contributed by atoms with Crippen molar-refractivity contribution in [1.82, 2.24) is 4.90 Å². The van der Waals surface area contributed by atoms with Crippen LogP contribution in [0.2, 0.25) is 0 Å². The number of carbonyl (C=O) groups is 1. The van der Waals surface area contributed by atoms with Gasteiger partial charge < -0.3 is 10.5 Å². The van der Waals surface area contributed by atoms with Gasteiger partial charge in [-0.3, -0.25) is 4.90 Å². The van der Waals surface area contributed by atoms with E-state index in [1.165, 1.54) is 0 Å². The van der Waals surface area contributed by atoms with Gasteiger partial charge in [-0.15, -0.1) is 0 Å². The fraction of sp³-hybridized carbons (Fsp3) is 0.923. The van der Waals surface area contributed by atoms with E-state index >= 15 is 0 Å². The summed E-state index contributed by atoms with van der Waals surface area (Å²) in [5.74, 6) is 0.173. The lowest BCUT2D eigenvalue weighted by atomic mass is 9.93. The molecule has 6 nitrogen and oxygen atoms in total. The van der Waals surface area contributed by atoms with Crippen molar-refractivity contribution in [2.24, 2.45) is 11.7 Å². The molecule has 2 aliphatic rings. The van der Waals surface area contributed by atoms with Gasteiger partial charge >= 0.3 is 5.97 Å². The minimum atomic E-state index is -2.93. The van der Waals surface area contributed by atoms with Crippen LogP contribution in [0.3, 0.4) is 0 Å². The van der Waals surface area contributed by atoms with E-state index in [-0.39, 0.29) is 29.4 Å². The summed E-state index contributed by atoms with van der Waals surface area (Å²) in [6.45, 7) is 2.43. The Kier molecular flexibility index (Phi) is 4.41. The number of hydrogen-bond acceptors (Lipinski definition) is 6. The summed E-state index contributed by atoms with van der Waals surface area (Å²) in [4.78, 5) is 14.0. The molecule has 2 rings (SSSR count). The summed E-state index contributed by atoms with van der Waals surface area (Å²) in [6.07, 6.45) is 2.49. The second kappa shape index (κ2) is 5.61. The van der Waals surface area contributed by atoms with Crippen LogP contribution in [0.5, 0.6) is 0 Å². The number of ether oxygens (including phenoxy) is 1. The highest BCUT2D eigenvalue weighted by atomic mass is 32.2. The summed E-state index contributed by atoms with van der Waals surface area (Å²) >= 11 is 0. The third kappa shape index (κ3) is 3.32. The summed E-state index contributed by atoms with van der Waals surface area (Å²) in [6, 6.07) is -0.0453. The van der Waals surface area contributed by atoms with E-state index in [4.69, 9.17) is 10.5 Å². The molecular formula is C13H24N2O4S. The predicted octanol–water partition coefficient (Wildman–Crippen LogP) is -0.224. The van der Waals surface area contributed by atoms with Crippen molar-refractivity contribution in [2.75, 3.05) is 31.7 Å². The Labute approximate surface area is 120 Å². The van der Waals surface area contributed by atoms with E-state index in [0.29, 0.717) is 19.6 Å². The zero-order chi connectivity index (χ0) is 15.0. The molecule has 2 N–H and O–H groups in total. The second-order valence-electron chi connectivity index (χ2n) is 6.01. The lowest BCUT2D eigenvalue weighted by Gasteiger charge is -2.34. The number of likely N-dealkylation sites (N-methyl/N-ethyl adjacent to an activating group) is 1. The second-order valence-corrected chi connectivity index (χ2v) is 8.24. The van der Waals surface area contributed by atoms with Crippen molar-refractivity contribution in [3.63, 3.8) is 0 Å². The molecule has 116 valence electrons. The molecule has 0 radical (unpaired) electrons. The van der Waals surface area contributed by atoms with Crippen molar-refractivity contribution in [3.05, 3.63) is 0 Å². The molecule has 1 saturated carbocycles. The number of rotatable bonds is 6.